The fourth-order valence-electron chi connectivity index (χ4n) is 0.634. The van der Waals surface area contributed by atoms with Crippen LogP contribution in [-0.4, -0.2) is 11.6 Å². The molecule has 1 heterocycles. The highest BCUT2D eigenvalue weighted by atomic mass is 19.1. The molecule has 1 rings (SSSR count). The first-order chi connectivity index (χ1) is 4.84. The first kappa shape index (κ1) is 6.99. The molecule has 10 heavy (non-hydrogen) atoms. The van der Waals surface area contributed by atoms with Gasteiger partial charge in [-0.2, -0.15) is 4.39 Å². The van der Waals surface area contributed by atoms with Gasteiger partial charge in [0.15, 0.2) is 5.75 Å². The number of halogens is 1. The Morgan fingerprint density at radius 3 is 3.10 bits per heavy atom. The molecule has 0 saturated carbocycles. The standard InChI is InChI=1S/C7H8FNO/c1-2-10-6-4-3-5-9-7(6)8/h3-5H,2H2,1H3. The second-order valence-electron chi connectivity index (χ2n) is 1.73. The summed E-state index contributed by atoms with van der Waals surface area (Å²) in [6.07, 6.45) is 1.39. The number of rotatable bonds is 2. The molecule has 0 saturated heterocycles. The Labute approximate surface area is 58.7 Å². The van der Waals surface area contributed by atoms with Gasteiger partial charge in [0.2, 0.25) is 0 Å². The summed E-state index contributed by atoms with van der Waals surface area (Å²) in [5.74, 6) is -0.339. The number of ether oxygens (including phenoxy) is 1. The lowest BCUT2D eigenvalue weighted by molar-refractivity contribution is 0.316. The first-order valence-electron chi connectivity index (χ1n) is 3.08. The van der Waals surface area contributed by atoms with Crippen LogP contribution < -0.4 is 4.74 Å². The van der Waals surface area contributed by atoms with Gasteiger partial charge < -0.3 is 4.74 Å². The van der Waals surface area contributed by atoms with E-state index in [2.05, 4.69) is 4.98 Å². The summed E-state index contributed by atoms with van der Waals surface area (Å²) < 4.78 is 17.4. The van der Waals surface area contributed by atoms with Crippen molar-refractivity contribution in [2.75, 3.05) is 6.61 Å². The molecule has 0 aliphatic rings. The molecule has 0 radical (unpaired) electrons. The van der Waals surface area contributed by atoms with Crippen molar-refractivity contribution in [1.29, 1.82) is 0 Å². The highest BCUT2D eigenvalue weighted by molar-refractivity contribution is 5.17. The van der Waals surface area contributed by atoms with E-state index in [0.717, 1.165) is 0 Å². The molecule has 0 spiro atoms. The first-order valence-corrected chi connectivity index (χ1v) is 3.08. The molecular weight excluding hydrogens is 133 g/mol. The van der Waals surface area contributed by atoms with Gasteiger partial charge in [-0.05, 0) is 19.1 Å². The average Bonchev–Trinajstić information content (AvgIpc) is 1.94. The van der Waals surface area contributed by atoms with Crippen LogP contribution in [0, 0.1) is 5.95 Å². The Hall–Kier alpha value is -1.12. The van der Waals surface area contributed by atoms with E-state index < -0.39 is 5.95 Å². The summed E-state index contributed by atoms with van der Waals surface area (Å²) in [4.78, 5) is 3.41. The second-order valence-corrected chi connectivity index (χ2v) is 1.73. The SMILES string of the molecule is CCOc1cccnc1F. The van der Waals surface area contributed by atoms with Gasteiger partial charge in [-0.15, -0.1) is 0 Å². The van der Waals surface area contributed by atoms with Crippen molar-refractivity contribution < 1.29 is 9.13 Å². The molecule has 0 fully saturated rings. The summed E-state index contributed by atoms with van der Waals surface area (Å²) in [7, 11) is 0. The van der Waals surface area contributed by atoms with Crippen LogP contribution in [0.5, 0.6) is 5.75 Å². The molecule has 0 N–H and O–H groups in total. The summed E-state index contributed by atoms with van der Waals surface area (Å²) in [5.41, 5.74) is 0. The highest BCUT2D eigenvalue weighted by Gasteiger charge is 1.99. The van der Waals surface area contributed by atoms with Crippen LogP contribution in [-0.2, 0) is 0 Å². The third kappa shape index (κ3) is 1.43. The summed E-state index contributed by atoms with van der Waals surface area (Å²) >= 11 is 0. The summed E-state index contributed by atoms with van der Waals surface area (Å²) in [6, 6.07) is 3.18. The van der Waals surface area contributed by atoms with Crippen LogP contribution in [0.25, 0.3) is 0 Å². The van der Waals surface area contributed by atoms with E-state index in [9.17, 15) is 4.39 Å². The van der Waals surface area contributed by atoms with Gasteiger partial charge in [0.1, 0.15) is 0 Å². The van der Waals surface area contributed by atoms with E-state index in [0.29, 0.717) is 6.61 Å². The largest absolute Gasteiger partial charge is 0.489 e. The lowest BCUT2D eigenvalue weighted by Gasteiger charge is -2.00. The van der Waals surface area contributed by atoms with Gasteiger partial charge in [-0.3, -0.25) is 0 Å². The van der Waals surface area contributed by atoms with E-state index in [1.807, 2.05) is 0 Å². The maximum atomic E-state index is 12.5. The molecule has 3 heteroatoms. The maximum Gasteiger partial charge on any atom is 0.255 e. The molecule has 0 unspecified atom stereocenters. The predicted octanol–water partition coefficient (Wildman–Crippen LogP) is 1.62. The van der Waals surface area contributed by atoms with Gasteiger partial charge in [0.25, 0.3) is 5.95 Å². The van der Waals surface area contributed by atoms with E-state index >= 15 is 0 Å². The molecule has 0 atom stereocenters. The van der Waals surface area contributed by atoms with E-state index in [1.165, 1.54) is 6.20 Å². The topological polar surface area (TPSA) is 22.1 Å². The van der Waals surface area contributed by atoms with Crippen LogP contribution in [0.2, 0.25) is 0 Å². The minimum absolute atomic E-state index is 0.213. The van der Waals surface area contributed by atoms with Crippen molar-refractivity contribution in [1.82, 2.24) is 4.98 Å². The Bertz CT molecular complexity index is 215. The molecule has 1 aromatic rings. The van der Waals surface area contributed by atoms with Crippen molar-refractivity contribution in [3.8, 4) is 5.75 Å². The van der Waals surface area contributed by atoms with Crippen LogP contribution in [0.4, 0.5) is 4.39 Å². The number of hydrogen-bond acceptors (Lipinski definition) is 2. The van der Waals surface area contributed by atoms with Crippen LogP contribution in [0.3, 0.4) is 0 Å². The monoisotopic (exact) mass is 141 g/mol. The third-order valence-corrected chi connectivity index (χ3v) is 1.02. The minimum atomic E-state index is -0.552. The van der Waals surface area contributed by atoms with Crippen molar-refractivity contribution in [3.63, 3.8) is 0 Å². The number of aromatic nitrogens is 1. The maximum absolute atomic E-state index is 12.5. The lowest BCUT2D eigenvalue weighted by atomic mass is 10.4. The molecule has 0 aliphatic carbocycles. The van der Waals surface area contributed by atoms with E-state index in [4.69, 9.17) is 4.74 Å². The van der Waals surface area contributed by atoms with E-state index in [1.54, 1.807) is 19.1 Å². The van der Waals surface area contributed by atoms with Gasteiger partial charge in [0, 0.05) is 6.20 Å². The molecule has 0 amide bonds. The highest BCUT2D eigenvalue weighted by Crippen LogP contribution is 2.11. The number of hydrogen-bond donors (Lipinski definition) is 0. The number of nitrogens with zero attached hydrogens (tertiary/aromatic N) is 1. The number of pyridine rings is 1. The predicted molar refractivity (Wildman–Crippen MR) is 35.4 cm³/mol. The molecule has 1 aromatic heterocycles. The summed E-state index contributed by atoms with van der Waals surface area (Å²) in [5, 5.41) is 0. The van der Waals surface area contributed by atoms with Gasteiger partial charge >= 0.3 is 0 Å². The van der Waals surface area contributed by atoms with Crippen molar-refractivity contribution in [2.45, 2.75) is 6.92 Å². The minimum Gasteiger partial charge on any atom is -0.489 e. The van der Waals surface area contributed by atoms with Crippen molar-refractivity contribution in [2.24, 2.45) is 0 Å². The smallest absolute Gasteiger partial charge is 0.255 e. The Balaban J connectivity index is 2.81. The Morgan fingerprint density at radius 1 is 1.70 bits per heavy atom. The van der Waals surface area contributed by atoms with Crippen molar-refractivity contribution in [3.05, 3.63) is 24.3 Å². The fourth-order valence-corrected chi connectivity index (χ4v) is 0.634. The molecule has 0 bridgehead atoms. The van der Waals surface area contributed by atoms with Gasteiger partial charge in [-0.25, -0.2) is 4.98 Å². The zero-order valence-corrected chi connectivity index (χ0v) is 5.67. The zero-order valence-electron chi connectivity index (χ0n) is 5.67. The lowest BCUT2D eigenvalue weighted by Crippen LogP contribution is -1.95. The zero-order chi connectivity index (χ0) is 7.40. The van der Waals surface area contributed by atoms with Crippen LogP contribution in [0.1, 0.15) is 6.92 Å². The van der Waals surface area contributed by atoms with Gasteiger partial charge in [0.05, 0.1) is 6.61 Å². The summed E-state index contributed by atoms with van der Waals surface area (Å²) in [6.45, 7) is 2.26. The molecular formula is C7H8FNO. The van der Waals surface area contributed by atoms with Crippen LogP contribution >= 0.6 is 0 Å². The second kappa shape index (κ2) is 3.15. The normalized spacial score (nSPS) is 9.40. The average molecular weight is 141 g/mol. The van der Waals surface area contributed by atoms with Gasteiger partial charge in [-0.1, -0.05) is 0 Å². The van der Waals surface area contributed by atoms with Crippen LogP contribution in [0.15, 0.2) is 18.3 Å². The molecule has 0 aliphatic heterocycles. The quantitative estimate of drug-likeness (QED) is 0.584. The molecule has 0 aromatic carbocycles. The third-order valence-electron chi connectivity index (χ3n) is 1.02. The fraction of sp³-hybridized carbons (Fsp3) is 0.286. The van der Waals surface area contributed by atoms with Crippen molar-refractivity contribution >= 4 is 0 Å². The molecule has 2 nitrogen and oxygen atoms in total. The Kier molecular flexibility index (Phi) is 2.20. The van der Waals surface area contributed by atoms with E-state index in [-0.39, 0.29) is 5.75 Å². The molecule has 54 valence electrons. The Morgan fingerprint density at radius 2 is 2.50 bits per heavy atom.